The first-order valence-electron chi connectivity index (χ1n) is 6.35. The first-order valence-corrected chi connectivity index (χ1v) is 6.35. The standard InChI is InChI=1S/C14H20N6/c1-9-5-10(2)7-11(6-9)18-13-12(15)14(17-8-16-13)19-20(3)4/h5-8H,15H2,1-4H3,(H2,16,17,18,19). The highest BCUT2D eigenvalue weighted by atomic mass is 15.5. The highest BCUT2D eigenvalue weighted by Gasteiger charge is 2.09. The maximum Gasteiger partial charge on any atom is 0.169 e. The lowest BCUT2D eigenvalue weighted by Gasteiger charge is -2.16. The van der Waals surface area contributed by atoms with Gasteiger partial charge in [-0.2, -0.15) is 0 Å². The highest BCUT2D eigenvalue weighted by Crippen LogP contribution is 2.26. The summed E-state index contributed by atoms with van der Waals surface area (Å²) < 4.78 is 0. The summed E-state index contributed by atoms with van der Waals surface area (Å²) in [6.07, 6.45) is 1.48. The summed E-state index contributed by atoms with van der Waals surface area (Å²) in [4.78, 5) is 8.32. The lowest BCUT2D eigenvalue weighted by Crippen LogP contribution is -2.21. The van der Waals surface area contributed by atoms with E-state index in [2.05, 4.69) is 40.6 Å². The minimum Gasteiger partial charge on any atom is -0.393 e. The molecule has 0 spiro atoms. The molecule has 1 aromatic heterocycles. The number of hydrogen-bond acceptors (Lipinski definition) is 6. The normalized spacial score (nSPS) is 10.7. The maximum atomic E-state index is 6.08. The minimum atomic E-state index is 0.486. The molecule has 0 amide bonds. The number of nitrogens with one attached hydrogen (secondary N) is 2. The van der Waals surface area contributed by atoms with Crippen molar-refractivity contribution in [3.05, 3.63) is 35.7 Å². The number of hydrogen-bond donors (Lipinski definition) is 3. The van der Waals surface area contributed by atoms with Crippen molar-refractivity contribution < 1.29 is 0 Å². The van der Waals surface area contributed by atoms with Gasteiger partial charge in [-0.3, -0.25) is 0 Å². The molecule has 1 aromatic carbocycles. The molecule has 0 radical (unpaired) electrons. The van der Waals surface area contributed by atoms with Gasteiger partial charge in [0.15, 0.2) is 11.6 Å². The van der Waals surface area contributed by atoms with Gasteiger partial charge in [-0.25, -0.2) is 15.0 Å². The van der Waals surface area contributed by atoms with Crippen molar-refractivity contribution >= 4 is 23.0 Å². The van der Waals surface area contributed by atoms with Crippen molar-refractivity contribution in [1.29, 1.82) is 0 Å². The van der Waals surface area contributed by atoms with Gasteiger partial charge in [0.2, 0.25) is 0 Å². The average Bonchev–Trinajstić information content (AvgIpc) is 2.32. The molecule has 0 saturated carbocycles. The maximum absolute atomic E-state index is 6.08. The van der Waals surface area contributed by atoms with Crippen molar-refractivity contribution in [2.24, 2.45) is 0 Å². The molecule has 1 heterocycles. The van der Waals surface area contributed by atoms with E-state index in [4.69, 9.17) is 5.73 Å². The Bertz CT molecular complexity index is 588. The van der Waals surface area contributed by atoms with Gasteiger partial charge in [0, 0.05) is 19.8 Å². The van der Waals surface area contributed by atoms with Crippen LogP contribution in [-0.2, 0) is 0 Å². The molecule has 0 saturated heterocycles. The van der Waals surface area contributed by atoms with Crippen molar-refractivity contribution in [1.82, 2.24) is 15.0 Å². The zero-order valence-electron chi connectivity index (χ0n) is 12.2. The van der Waals surface area contributed by atoms with Gasteiger partial charge in [-0.05, 0) is 37.1 Å². The predicted octanol–water partition coefficient (Wildman–Crippen LogP) is 2.31. The topological polar surface area (TPSA) is 79.1 Å². The first kappa shape index (κ1) is 14.1. The van der Waals surface area contributed by atoms with E-state index in [-0.39, 0.29) is 0 Å². The third-order valence-electron chi connectivity index (χ3n) is 2.70. The Balaban J connectivity index is 2.29. The molecule has 0 bridgehead atoms. The van der Waals surface area contributed by atoms with Crippen LogP contribution in [0.4, 0.5) is 23.0 Å². The number of nitrogens with two attached hydrogens (primary N) is 1. The Kier molecular flexibility index (Phi) is 4.05. The molecular formula is C14H20N6. The number of anilines is 4. The van der Waals surface area contributed by atoms with Gasteiger partial charge in [-0.1, -0.05) is 6.07 Å². The number of aryl methyl sites for hydroxylation is 2. The molecule has 0 aliphatic heterocycles. The van der Waals surface area contributed by atoms with E-state index in [1.54, 1.807) is 5.01 Å². The Labute approximate surface area is 119 Å². The average molecular weight is 272 g/mol. The van der Waals surface area contributed by atoms with Gasteiger partial charge in [0.05, 0.1) is 0 Å². The molecule has 0 unspecified atom stereocenters. The van der Waals surface area contributed by atoms with Gasteiger partial charge < -0.3 is 16.5 Å². The van der Waals surface area contributed by atoms with Crippen LogP contribution in [0, 0.1) is 13.8 Å². The van der Waals surface area contributed by atoms with E-state index in [1.165, 1.54) is 17.5 Å². The fraction of sp³-hybridized carbons (Fsp3) is 0.286. The van der Waals surface area contributed by atoms with Crippen LogP contribution in [0.1, 0.15) is 11.1 Å². The van der Waals surface area contributed by atoms with E-state index in [9.17, 15) is 0 Å². The summed E-state index contributed by atoms with van der Waals surface area (Å²) in [5.74, 6) is 1.17. The highest BCUT2D eigenvalue weighted by molar-refractivity contribution is 5.77. The molecule has 20 heavy (non-hydrogen) atoms. The third-order valence-corrected chi connectivity index (χ3v) is 2.70. The lowest BCUT2D eigenvalue weighted by molar-refractivity contribution is 0.492. The smallest absolute Gasteiger partial charge is 0.169 e. The number of nitrogen functional groups attached to an aromatic ring is 1. The molecule has 6 heteroatoms. The summed E-state index contributed by atoms with van der Waals surface area (Å²) >= 11 is 0. The number of aromatic nitrogens is 2. The molecule has 0 atom stereocenters. The summed E-state index contributed by atoms with van der Waals surface area (Å²) in [7, 11) is 3.75. The molecule has 2 aromatic rings. The number of nitrogens with zero attached hydrogens (tertiary/aromatic N) is 3. The molecule has 0 aliphatic rings. The Morgan fingerprint density at radius 2 is 1.60 bits per heavy atom. The van der Waals surface area contributed by atoms with Crippen molar-refractivity contribution in [3.8, 4) is 0 Å². The monoisotopic (exact) mass is 272 g/mol. The zero-order chi connectivity index (χ0) is 14.7. The third kappa shape index (κ3) is 3.36. The summed E-state index contributed by atoms with van der Waals surface area (Å²) in [5, 5.41) is 5.01. The molecule has 6 nitrogen and oxygen atoms in total. The molecular weight excluding hydrogens is 252 g/mol. The van der Waals surface area contributed by atoms with Gasteiger partial charge in [0.25, 0.3) is 0 Å². The molecule has 4 N–H and O–H groups in total. The second-order valence-electron chi connectivity index (χ2n) is 4.99. The zero-order valence-corrected chi connectivity index (χ0v) is 12.2. The van der Waals surface area contributed by atoms with Gasteiger partial charge in [-0.15, -0.1) is 0 Å². The quantitative estimate of drug-likeness (QED) is 0.741. The first-order chi connectivity index (χ1) is 9.45. The second-order valence-corrected chi connectivity index (χ2v) is 4.99. The van der Waals surface area contributed by atoms with Crippen LogP contribution in [0.15, 0.2) is 24.5 Å². The van der Waals surface area contributed by atoms with E-state index in [0.717, 1.165) is 5.69 Å². The Morgan fingerprint density at radius 3 is 2.20 bits per heavy atom. The van der Waals surface area contributed by atoms with E-state index in [0.29, 0.717) is 17.3 Å². The van der Waals surface area contributed by atoms with Crippen LogP contribution in [0.5, 0.6) is 0 Å². The lowest BCUT2D eigenvalue weighted by atomic mass is 10.1. The Hall–Kier alpha value is -2.34. The number of benzene rings is 1. The van der Waals surface area contributed by atoms with Crippen LogP contribution < -0.4 is 16.5 Å². The second kappa shape index (κ2) is 5.75. The number of rotatable bonds is 4. The van der Waals surface area contributed by atoms with Gasteiger partial charge >= 0.3 is 0 Å². The Morgan fingerprint density at radius 1 is 1.00 bits per heavy atom. The van der Waals surface area contributed by atoms with Crippen LogP contribution in [-0.4, -0.2) is 29.1 Å². The van der Waals surface area contributed by atoms with Crippen LogP contribution >= 0.6 is 0 Å². The van der Waals surface area contributed by atoms with Crippen molar-refractivity contribution in [2.75, 3.05) is 30.6 Å². The predicted molar refractivity (Wildman–Crippen MR) is 83.0 cm³/mol. The van der Waals surface area contributed by atoms with Crippen molar-refractivity contribution in [3.63, 3.8) is 0 Å². The fourth-order valence-electron chi connectivity index (χ4n) is 1.98. The summed E-state index contributed by atoms with van der Waals surface area (Å²) in [6.45, 7) is 4.11. The molecule has 0 fully saturated rings. The van der Waals surface area contributed by atoms with Crippen LogP contribution in [0.2, 0.25) is 0 Å². The largest absolute Gasteiger partial charge is 0.393 e. The number of hydrazine groups is 1. The fourth-order valence-corrected chi connectivity index (χ4v) is 1.98. The van der Waals surface area contributed by atoms with E-state index in [1.807, 2.05) is 26.2 Å². The summed E-state index contributed by atoms with van der Waals surface area (Å²) in [6, 6.07) is 6.22. The molecule has 0 aliphatic carbocycles. The van der Waals surface area contributed by atoms with Crippen molar-refractivity contribution in [2.45, 2.75) is 13.8 Å². The molecule has 2 rings (SSSR count). The van der Waals surface area contributed by atoms with Crippen LogP contribution in [0.3, 0.4) is 0 Å². The van der Waals surface area contributed by atoms with E-state index < -0.39 is 0 Å². The van der Waals surface area contributed by atoms with Gasteiger partial charge in [0.1, 0.15) is 12.0 Å². The molecule has 106 valence electrons. The minimum absolute atomic E-state index is 0.486. The van der Waals surface area contributed by atoms with E-state index >= 15 is 0 Å². The van der Waals surface area contributed by atoms with Crippen LogP contribution in [0.25, 0.3) is 0 Å². The SMILES string of the molecule is Cc1cc(C)cc(Nc2ncnc(NN(C)C)c2N)c1. The summed E-state index contributed by atoms with van der Waals surface area (Å²) in [5.41, 5.74) is 12.9.